The molecule has 122 valence electrons. The van der Waals surface area contributed by atoms with Crippen molar-refractivity contribution in [1.82, 2.24) is 0 Å². The monoisotopic (exact) mass is 335 g/mol. The van der Waals surface area contributed by atoms with Crippen LogP contribution >= 0.6 is 0 Å². The predicted octanol–water partition coefficient (Wildman–Crippen LogP) is 0.820. The van der Waals surface area contributed by atoms with Crippen LogP contribution in [0.15, 0.2) is 53.4 Å². The van der Waals surface area contributed by atoms with E-state index < -0.39 is 21.3 Å². The fourth-order valence-electron chi connectivity index (χ4n) is 2.33. The van der Waals surface area contributed by atoms with Gasteiger partial charge in [0.25, 0.3) is 5.91 Å². The molecule has 23 heavy (non-hydrogen) atoms. The summed E-state index contributed by atoms with van der Waals surface area (Å²) in [6.07, 6.45) is 1.04. The van der Waals surface area contributed by atoms with Gasteiger partial charge in [-0.25, -0.2) is 8.42 Å². The van der Waals surface area contributed by atoms with Gasteiger partial charge in [-0.1, -0.05) is 36.4 Å². The Morgan fingerprint density at radius 1 is 1.13 bits per heavy atom. The average Bonchev–Trinajstić information content (AvgIpc) is 2.53. The Morgan fingerprint density at radius 3 is 2.22 bits per heavy atom. The molecule has 1 amide bonds. The Morgan fingerprint density at radius 2 is 1.74 bits per heavy atom. The van der Waals surface area contributed by atoms with Crippen LogP contribution in [0.4, 0.5) is 0 Å². The van der Waals surface area contributed by atoms with Crippen LogP contribution in [0.2, 0.25) is 0 Å². The minimum absolute atomic E-state index is 0.0283. The standard InChI is InChI=1S/C16H17NO5S/c1-22-13-10-12(8-9-14(13)23(2,20)21)16(19,15(17)18)11-6-4-3-5-7-11/h3-10,19H,1-2H3,(H2,17,18). The molecule has 7 heteroatoms. The van der Waals surface area contributed by atoms with Crippen LogP contribution in [0, 0.1) is 0 Å². The summed E-state index contributed by atoms with van der Waals surface area (Å²) in [4.78, 5) is 11.9. The van der Waals surface area contributed by atoms with E-state index in [2.05, 4.69) is 0 Å². The van der Waals surface area contributed by atoms with E-state index in [-0.39, 0.29) is 21.8 Å². The fourth-order valence-corrected chi connectivity index (χ4v) is 3.15. The van der Waals surface area contributed by atoms with Crippen LogP contribution in [0.25, 0.3) is 0 Å². The molecule has 0 heterocycles. The Balaban J connectivity index is 2.70. The normalized spacial score (nSPS) is 14.0. The van der Waals surface area contributed by atoms with Crippen molar-refractivity contribution in [2.45, 2.75) is 10.5 Å². The molecular formula is C16H17NO5S. The Labute approximate surface area is 134 Å². The number of amides is 1. The highest BCUT2D eigenvalue weighted by molar-refractivity contribution is 7.90. The molecule has 0 bridgehead atoms. The topological polar surface area (TPSA) is 107 Å². The Kier molecular flexibility index (Phi) is 4.44. The first-order valence-electron chi connectivity index (χ1n) is 6.67. The maximum Gasteiger partial charge on any atom is 0.258 e. The van der Waals surface area contributed by atoms with Gasteiger partial charge in [-0.2, -0.15) is 0 Å². The summed E-state index contributed by atoms with van der Waals surface area (Å²) >= 11 is 0. The van der Waals surface area contributed by atoms with Gasteiger partial charge in [-0.3, -0.25) is 4.79 Å². The number of methoxy groups -OCH3 is 1. The number of ether oxygens (including phenoxy) is 1. The van der Waals surface area contributed by atoms with Crippen molar-refractivity contribution in [3.63, 3.8) is 0 Å². The van der Waals surface area contributed by atoms with Gasteiger partial charge < -0.3 is 15.6 Å². The van der Waals surface area contributed by atoms with E-state index in [0.29, 0.717) is 0 Å². The van der Waals surface area contributed by atoms with Gasteiger partial charge in [0.05, 0.1) is 7.11 Å². The van der Waals surface area contributed by atoms with Crippen LogP contribution in [-0.4, -0.2) is 32.8 Å². The van der Waals surface area contributed by atoms with Gasteiger partial charge in [0.2, 0.25) is 0 Å². The summed E-state index contributed by atoms with van der Waals surface area (Å²) in [7, 11) is -2.21. The molecule has 0 aliphatic rings. The molecule has 2 rings (SSSR count). The first kappa shape index (κ1) is 17.0. The molecular weight excluding hydrogens is 318 g/mol. The summed E-state index contributed by atoms with van der Waals surface area (Å²) in [5.74, 6) is -0.946. The number of carbonyl (C=O) groups excluding carboxylic acids is 1. The summed E-state index contributed by atoms with van der Waals surface area (Å²) < 4.78 is 28.6. The smallest absolute Gasteiger partial charge is 0.258 e. The number of rotatable bonds is 5. The number of benzene rings is 2. The first-order valence-corrected chi connectivity index (χ1v) is 8.56. The van der Waals surface area contributed by atoms with E-state index in [4.69, 9.17) is 10.5 Å². The van der Waals surface area contributed by atoms with Gasteiger partial charge in [0.15, 0.2) is 15.4 Å². The Bertz CT molecular complexity index is 833. The lowest BCUT2D eigenvalue weighted by molar-refractivity contribution is -0.133. The van der Waals surface area contributed by atoms with Crippen LogP contribution < -0.4 is 10.5 Å². The van der Waals surface area contributed by atoms with Gasteiger partial charge >= 0.3 is 0 Å². The average molecular weight is 335 g/mol. The van der Waals surface area contributed by atoms with E-state index in [1.807, 2.05) is 0 Å². The molecule has 0 saturated carbocycles. The lowest BCUT2D eigenvalue weighted by Crippen LogP contribution is -2.42. The van der Waals surface area contributed by atoms with E-state index in [0.717, 1.165) is 6.26 Å². The molecule has 3 N–H and O–H groups in total. The van der Waals surface area contributed by atoms with Crippen LogP contribution in [-0.2, 0) is 20.2 Å². The number of sulfone groups is 1. The zero-order chi connectivity index (χ0) is 17.3. The number of primary amides is 1. The van der Waals surface area contributed by atoms with Crippen LogP contribution in [0.3, 0.4) is 0 Å². The van der Waals surface area contributed by atoms with Crippen LogP contribution in [0.5, 0.6) is 5.75 Å². The molecule has 2 aromatic carbocycles. The third-order valence-corrected chi connectivity index (χ3v) is 4.67. The Hall–Kier alpha value is -2.38. The van der Waals surface area contributed by atoms with Crippen molar-refractivity contribution in [2.24, 2.45) is 5.73 Å². The number of carbonyl (C=O) groups is 1. The third-order valence-electron chi connectivity index (χ3n) is 3.53. The van der Waals surface area contributed by atoms with Gasteiger partial charge in [0.1, 0.15) is 10.6 Å². The van der Waals surface area contributed by atoms with Gasteiger partial charge in [0, 0.05) is 11.8 Å². The number of hydrogen-bond acceptors (Lipinski definition) is 5. The van der Waals surface area contributed by atoms with Crippen LogP contribution in [0.1, 0.15) is 11.1 Å². The highest BCUT2D eigenvalue weighted by Crippen LogP contribution is 2.34. The van der Waals surface area contributed by atoms with E-state index in [1.165, 1.54) is 25.3 Å². The molecule has 0 saturated heterocycles. The van der Waals surface area contributed by atoms with Gasteiger partial charge in [-0.15, -0.1) is 0 Å². The van der Waals surface area contributed by atoms with Crippen molar-refractivity contribution < 1.29 is 23.1 Å². The molecule has 0 aromatic heterocycles. The number of nitrogens with two attached hydrogens (primary N) is 1. The van der Waals surface area contributed by atoms with Crippen molar-refractivity contribution >= 4 is 15.7 Å². The first-order chi connectivity index (χ1) is 10.7. The zero-order valence-corrected chi connectivity index (χ0v) is 13.5. The SMILES string of the molecule is COc1cc(C(O)(C(N)=O)c2ccccc2)ccc1S(C)(=O)=O. The quantitative estimate of drug-likeness (QED) is 0.841. The largest absolute Gasteiger partial charge is 0.495 e. The third kappa shape index (κ3) is 3.06. The predicted molar refractivity (Wildman–Crippen MR) is 84.7 cm³/mol. The lowest BCUT2D eigenvalue weighted by atomic mass is 9.85. The lowest BCUT2D eigenvalue weighted by Gasteiger charge is -2.26. The van der Waals surface area contributed by atoms with Crippen molar-refractivity contribution in [3.05, 3.63) is 59.7 Å². The van der Waals surface area contributed by atoms with Crippen molar-refractivity contribution in [3.8, 4) is 5.75 Å². The molecule has 0 aliphatic carbocycles. The van der Waals surface area contributed by atoms with Gasteiger partial charge in [-0.05, 0) is 17.7 Å². The van der Waals surface area contributed by atoms with E-state index in [9.17, 15) is 18.3 Å². The molecule has 0 spiro atoms. The molecule has 6 nitrogen and oxygen atoms in total. The molecule has 0 fully saturated rings. The second-order valence-electron chi connectivity index (χ2n) is 5.08. The maximum atomic E-state index is 11.9. The van der Waals surface area contributed by atoms with Crippen molar-refractivity contribution in [1.29, 1.82) is 0 Å². The molecule has 1 atom stereocenters. The van der Waals surface area contributed by atoms with E-state index in [1.54, 1.807) is 30.3 Å². The van der Waals surface area contributed by atoms with Crippen molar-refractivity contribution in [2.75, 3.05) is 13.4 Å². The zero-order valence-electron chi connectivity index (χ0n) is 12.7. The number of hydrogen-bond donors (Lipinski definition) is 2. The van der Waals surface area contributed by atoms with E-state index >= 15 is 0 Å². The molecule has 0 radical (unpaired) electrons. The second kappa shape index (κ2) is 6.02. The molecule has 0 aliphatic heterocycles. The highest BCUT2D eigenvalue weighted by atomic mass is 32.2. The fraction of sp³-hybridized carbons (Fsp3) is 0.188. The maximum absolute atomic E-state index is 11.9. The molecule has 1 unspecified atom stereocenters. The second-order valence-corrected chi connectivity index (χ2v) is 7.06. The highest BCUT2D eigenvalue weighted by Gasteiger charge is 2.39. The summed E-state index contributed by atoms with van der Waals surface area (Å²) in [5, 5.41) is 10.9. The minimum Gasteiger partial charge on any atom is -0.495 e. The summed E-state index contributed by atoms with van der Waals surface area (Å²) in [5.41, 5.74) is 3.71. The summed E-state index contributed by atoms with van der Waals surface area (Å²) in [6.45, 7) is 0. The molecule has 2 aromatic rings. The summed E-state index contributed by atoms with van der Waals surface area (Å²) in [6, 6.07) is 12.1. The number of aliphatic hydroxyl groups is 1. The minimum atomic E-state index is -3.52.